The Labute approximate surface area is 144 Å². The van der Waals surface area contributed by atoms with E-state index in [1.807, 2.05) is 13.8 Å². The Morgan fingerprint density at radius 2 is 2.04 bits per heavy atom. The highest BCUT2D eigenvalue weighted by molar-refractivity contribution is 7.91. The predicted molar refractivity (Wildman–Crippen MR) is 91.7 cm³/mol. The molecule has 0 atom stereocenters. The third-order valence-corrected chi connectivity index (χ3v) is 5.81. The highest BCUT2D eigenvalue weighted by Crippen LogP contribution is 2.17. The number of imidazole rings is 1. The first kappa shape index (κ1) is 19.4. The summed E-state index contributed by atoms with van der Waals surface area (Å²) >= 11 is 0. The quantitative estimate of drug-likeness (QED) is 0.659. The van der Waals surface area contributed by atoms with Crippen molar-refractivity contribution in [3.8, 4) is 0 Å². The van der Waals surface area contributed by atoms with Gasteiger partial charge in [0.05, 0.1) is 37.5 Å². The van der Waals surface area contributed by atoms with Gasteiger partial charge in [-0.05, 0) is 12.3 Å². The van der Waals surface area contributed by atoms with Gasteiger partial charge in [0.2, 0.25) is 15.0 Å². The molecule has 138 valence electrons. The first-order valence-electron chi connectivity index (χ1n) is 8.50. The van der Waals surface area contributed by atoms with Gasteiger partial charge in [-0.1, -0.05) is 13.8 Å². The van der Waals surface area contributed by atoms with Gasteiger partial charge in [-0.15, -0.1) is 0 Å². The van der Waals surface area contributed by atoms with Crippen molar-refractivity contribution >= 4 is 9.84 Å². The Morgan fingerprint density at radius 3 is 2.67 bits per heavy atom. The largest absolute Gasteiger partial charge is 0.383 e. The second kappa shape index (κ2) is 8.94. The molecule has 24 heavy (non-hydrogen) atoms. The minimum Gasteiger partial charge on any atom is -0.383 e. The monoisotopic (exact) mass is 359 g/mol. The molecule has 1 aliphatic rings. The van der Waals surface area contributed by atoms with E-state index in [9.17, 15) is 8.42 Å². The molecule has 0 saturated carbocycles. The summed E-state index contributed by atoms with van der Waals surface area (Å²) in [5, 5.41) is 0.170. The van der Waals surface area contributed by atoms with Crippen LogP contribution in [-0.2, 0) is 32.4 Å². The lowest BCUT2D eigenvalue weighted by atomic mass is 10.2. The van der Waals surface area contributed by atoms with Gasteiger partial charge in [0.1, 0.15) is 0 Å². The minimum atomic E-state index is -3.38. The Balaban J connectivity index is 2.20. The smallest absolute Gasteiger partial charge is 0.227 e. The van der Waals surface area contributed by atoms with Crippen LogP contribution in [0.5, 0.6) is 0 Å². The maximum atomic E-state index is 12.7. The molecule has 7 nitrogen and oxygen atoms in total. The molecule has 1 aromatic rings. The molecule has 2 heterocycles. The van der Waals surface area contributed by atoms with Gasteiger partial charge in [-0.25, -0.2) is 13.4 Å². The van der Waals surface area contributed by atoms with Crippen LogP contribution in [0.25, 0.3) is 0 Å². The Kier molecular flexibility index (Phi) is 7.21. The zero-order chi connectivity index (χ0) is 17.6. The SMILES string of the molecule is COCCn1c(CN2CCOCC2)cnc1S(=O)(=O)CCC(C)C. The minimum absolute atomic E-state index is 0.131. The van der Waals surface area contributed by atoms with E-state index < -0.39 is 9.84 Å². The summed E-state index contributed by atoms with van der Waals surface area (Å²) in [7, 11) is -1.77. The average Bonchev–Trinajstić information content (AvgIpc) is 2.95. The highest BCUT2D eigenvalue weighted by Gasteiger charge is 2.24. The normalized spacial score (nSPS) is 16.8. The van der Waals surface area contributed by atoms with Crippen molar-refractivity contribution in [2.45, 2.75) is 38.5 Å². The van der Waals surface area contributed by atoms with Crippen molar-refractivity contribution in [3.63, 3.8) is 0 Å². The molecule has 2 rings (SSSR count). The maximum absolute atomic E-state index is 12.7. The van der Waals surface area contributed by atoms with Crippen molar-refractivity contribution in [1.29, 1.82) is 0 Å². The van der Waals surface area contributed by atoms with Gasteiger partial charge < -0.3 is 14.0 Å². The standard InChI is InChI=1S/C16H29N3O4S/c1-14(2)4-11-24(20,21)16-17-12-15(19(16)7-8-22-3)13-18-5-9-23-10-6-18/h12,14H,4-11,13H2,1-3H3. The van der Waals surface area contributed by atoms with Gasteiger partial charge in [0.15, 0.2) is 0 Å². The second-order valence-corrected chi connectivity index (χ2v) is 8.57. The van der Waals surface area contributed by atoms with E-state index in [1.165, 1.54) is 0 Å². The van der Waals surface area contributed by atoms with E-state index in [-0.39, 0.29) is 10.9 Å². The lowest BCUT2D eigenvalue weighted by Gasteiger charge is -2.26. The molecule has 0 unspecified atom stereocenters. The molecule has 0 spiro atoms. The van der Waals surface area contributed by atoms with Crippen LogP contribution in [0.3, 0.4) is 0 Å². The molecule has 1 fully saturated rings. The fourth-order valence-corrected chi connectivity index (χ4v) is 4.38. The molecule has 0 bridgehead atoms. The van der Waals surface area contributed by atoms with Crippen LogP contribution >= 0.6 is 0 Å². The van der Waals surface area contributed by atoms with Crippen molar-refractivity contribution in [2.24, 2.45) is 5.92 Å². The first-order chi connectivity index (χ1) is 11.4. The molecular weight excluding hydrogens is 330 g/mol. The summed E-state index contributed by atoms with van der Waals surface area (Å²) in [4.78, 5) is 6.50. The molecule has 0 aromatic carbocycles. The van der Waals surface area contributed by atoms with Crippen molar-refractivity contribution in [3.05, 3.63) is 11.9 Å². The van der Waals surface area contributed by atoms with E-state index in [0.29, 0.717) is 45.2 Å². The van der Waals surface area contributed by atoms with Crippen LogP contribution < -0.4 is 0 Å². The fourth-order valence-electron chi connectivity index (χ4n) is 2.66. The maximum Gasteiger partial charge on any atom is 0.227 e. The first-order valence-corrected chi connectivity index (χ1v) is 10.2. The Hall–Kier alpha value is -0.960. The third kappa shape index (κ3) is 5.27. The Bertz CT molecular complexity index is 607. The van der Waals surface area contributed by atoms with Gasteiger partial charge in [0, 0.05) is 33.3 Å². The molecule has 0 amide bonds. The van der Waals surface area contributed by atoms with E-state index in [0.717, 1.165) is 18.8 Å². The molecule has 1 saturated heterocycles. The number of ether oxygens (including phenoxy) is 2. The van der Waals surface area contributed by atoms with Crippen molar-refractivity contribution < 1.29 is 17.9 Å². The lowest BCUT2D eigenvalue weighted by molar-refractivity contribution is 0.0329. The molecule has 1 aliphatic heterocycles. The van der Waals surface area contributed by atoms with Crippen LogP contribution in [0.1, 0.15) is 26.0 Å². The summed E-state index contributed by atoms with van der Waals surface area (Å²) in [6.07, 6.45) is 2.33. The summed E-state index contributed by atoms with van der Waals surface area (Å²) in [6.45, 7) is 8.81. The predicted octanol–water partition coefficient (Wildman–Crippen LogP) is 1.18. The summed E-state index contributed by atoms with van der Waals surface area (Å²) in [6, 6.07) is 0. The number of methoxy groups -OCH3 is 1. The second-order valence-electron chi connectivity index (χ2n) is 6.57. The third-order valence-electron chi connectivity index (χ3n) is 4.15. The summed E-state index contributed by atoms with van der Waals surface area (Å²) in [5.74, 6) is 0.473. The van der Waals surface area contributed by atoms with Crippen LogP contribution in [0.15, 0.2) is 11.4 Å². The lowest BCUT2D eigenvalue weighted by Crippen LogP contribution is -2.36. The van der Waals surface area contributed by atoms with Crippen LogP contribution in [0.4, 0.5) is 0 Å². The number of nitrogens with zero attached hydrogens (tertiary/aromatic N) is 3. The summed E-state index contributed by atoms with van der Waals surface area (Å²) < 4.78 is 37.7. The highest BCUT2D eigenvalue weighted by atomic mass is 32.2. The van der Waals surface area contributed by atoms with E-state index in [2.05, 4.69) is 9.88 Å². The molecule has 1 aromatic heterocycles. The molecule has 0 N–H and O–H groups in total. The zero-order valence-corrected chi connectivity index (χ0v) is 15.7. The number of morpholine rings is 1. The molecular formula is C16H29N3O4S. The average molecular weight is 359 g/mol. The van der Waals surface area contributed by atoms with Gasteiger partial charge >= 0.3 is 0 Å². The molecule has 0 radical (unpaired) electrons. The summed E-state index contributed by atoms with van der Waals surface area (Å²) in [5.41, 5.74) is 0.914. The molecule has 8 heteroatoms. The fraction of sp³-hybridized carbons (Fsp3) is 0.812. The van der Waals surface area contributed by atoms with Crippen LogP contribution in [-0.4, -0.2) is 68.6 Å². The van der Waals surface area contributed by atoms with Crippen molar-refractivity contribution in [2.75, 3.05) is 45.8 Å². The number of sulfone groups is 1. The van der Waals surface area contributed by atoms with E-state index in [1.54, 1.807) is 17.9 Å². The van der Waals surface area contributed by atoms with E-state index >= 15 is 0 Å². The number of rotatable bonds is 9. The van der Waals surface area contributed by atoms with Crippen molar-refractivity contribution in [1.82, 2.24) is 14.5 Å². The Morgan fingerprint density at radius 1 is 1.33 bits per heavy atom. The van der Waals surface area contributed by atoms with Gasteiger partial charge in [-0.2, -0.15) is 0 Å². The van der Waals surface area contributed by atoms with Gasteiger partial charge in [-0.3, -0.25) is 4.90 Å². The van der Waals surface area contributed by atoms with Crippen LogP contribution in [0.2, 0.25) is 0 Å². The van der Waals surface area contributed by atoms with Crippen LogP contribution in [0, 0.1) is 5.92 Å². The van der Waals surface area contributed by atoms with E-state index in [4.69, 9.17) is 9.47 Å². The number of hydrogen-bond acceptors (Lipinski definition) is 6. The topological polar surface area (TPSA) is 73.7 Å². The zero-order valence-electron chi connectivity index (χ0n) is 14.9. The van der Waals surface area contributed by atoms with Gasteiger partial charge in [0.25, 0.3) is 0 Å². The number of aromatic nitrogens is 2. The number of hydrogen-bond donors (Lipinski definition) is 0. The molecule has 0 aliphatic carbocycles.